The van der Waals surface area contributed by atoms with Gasteiger partial charge in [-0.05, 0) is 57.9 Å². The molecule has 1 saturated carbocycles. The van der Waals surface area contributed by atoms with Gasteiger partial charge in [-0.1, -0.05) is 12.1 Å². The summed E-state index contributed by atoms with van der Waals surface area (Å²) in [6.07, 6.45) is 2.85. The molecule has 11 heteroatoms. The van der Waals surface area contributed by atoms with E-state index in [1.54, 1.807) is 75.0 Å². The third kappa shape index (κ3) is 4.46. The molecule has 41 heavy (non-hydrogen) atoms. The number of fused-ring (bicyclic) bond motifs is 2. The number of imide groups is 1. The van der Waals surface area contributed by atoms with Crippen LogP contribution in [0.4, 0.5) is 15.0 Å². The first kappa shape index (κ1) is 26.4. The van der Waals surface area contributed by atoms with Gasteiger partial charge < -0.3 is 14.8 Å². The SMILES string of the molecule is COC1(c2ccc(NC3c4c(cccc4-c4cnc5cc(F)ccn45)C(=O)N3C(=O)OC(C)(C)C)nc2C#N)CC1. The number of imidazole rings is 1. The summed E-state index contributed by atoms with van der Waals surface area (Å²) in [6, 6.07) is 13.4. The molecule has 1 fully saturated rings. The molecular weight excluding hydrogens is 527 g/mol. The van der Waals surface area contributed by atoms with Gasteiger partial charge >= 0.3 is 6.09 Å². The molecule has 208 valence electrons. The lowest BCUT2D eigenvalue weighted by Crippen LogP contribution is -2.41. The minimum absolute atomic E-state index is 0.194. The molecule has 1 unspecified atom stereocenters. The first-order chi connectivity index (χ1) is 19.5. The molecule has 2 aliphatic rings. The zero-order valence-electron chi connectivity index (χ0n) is 22.9. The zero-order chi connectivity index (χ0) is 29.1. The molecule has 2 amide bonds. The van der Waals surface area contributed by atoms with E-state index in [1.165, 1.54) is 12.1 Å². The summed E-state index contributed by atoms with van der Waals surface area (Å²) in [4.78, 5) is 37.0. The number of hydrogen-bond acceptors (Lipinski definition) is 8. The Labute approximate surface area is 235 Å². The van der Waals surface area contributed by atoms with E-state index in [0.29, 0.717) is 28.0 Å². The largest absolute Gasteiger partial charge is 0.443 e. The van der Waals surface area contributed by atoms with Crippen molar-refractivity contribution in [3.63, 3.8) is 0 Å². The number of benzene rings is 1. The average Bonchev–Trinajstić information content (AvgIpc) is 3.54. The average molecular weight is 555 g/mol. The molecular formula is C30H27FN6O4. The maximum absolute atomic E-state index is 13.9. The molecule has 10 nitrogen and oxygen atoms in total. The van der Waals surface area contributed by atoms with E-state index in [0.717, 1.165) is 17.7 Å². The molecule has 0 saturated heterocycles. The number of pyridine rings is 2. The van der Waals surface area contributed by atoms with Gasteiger partial charge in [0.15, 0.2) is 0 Å². The van der Waals surface area contributed by atoms with Crippen molar-refractivity contribution in [2.75, 3.05) is 12.4 Å². The second kappa shape index (κ2) is 9.38. The van der Waals surface area contributed by atoms with E-state index in [-0.39, 0.29) is 17.1 Å². The van der Waals surface area contributed by atoms with E-state index < -0.39 is 35.2 Å². The number of nitriles is 1. The lowest BCUT2D eigenvalue weighted by molar-refractivity contribution is 0.0208. The van der Waals surface area contributed by atoms with Crippen molar-refractivity contribution in [1.29, 1.82) is 5.26 Å². The van der Waals surface area contributed by atoms with Gasteiger partial charge in [0.1, 0.15) is 40.8 Å². The third-order valence-corrected chi connectivity index (χ3v) is 7.30. The Hall–Kier alpha value is -4.82. The van der Waals surface area contributed by atoms with Crippen molar-refractivity contribution in [3.05, 3.63) is 83.1 Å². The molecule has 1 N–H and O–H groups in total. The predicted octanol–water partition coefficient (Wildman–Crippen LogP) is 5.54. The molecule has 4 aromatic rings. The highest BCUT2D eigenvalue weighted by Gasteiger charge is 2.48. The van der Waals surface area contributed by atoms with Gasteiger partial charge in [0.2, 0.25) is 0 Å². The molecule has 0 bridgehead atoms. The number of carbonyl (C=O) groups excluding carboxylic acids is 2. The summed E-state index contributed by atoms with van der Waals surface area (Å²) in [7, 11) is 1.61. The topological polar surface area (TPSA) is 122 Å². The number of methoxy groups -OCH3 is 1. The van der Waals surface area contributed by atoms with Gasteiger partial charge in [0.25, 0.3) is 5.91 Å². The molecule has 3 aromatic heterocycles. The quantitative estimate of drug-likeness (QED) is 0.341. The summed E-state index contributed by atoms with van der Waals surface area (Å²) in [6.45, 7) is 5.15. The van der Waals surface area contributed by atoms with Gasteiger partial charge in [0.05, 0.1) is 17.5 Å². The van der Waals surface area contributed by atoms with Crippen LogP contribution >= 0.6 is 0 Å². The number of halogens is 1. The molecule has 6 rings (SSSR count). The Morgan fingerprint density at radius 3 is 2.63 bits per heavy atom. The number of carbonyl (C=O) groups is 2. The van der Waals surface area contributed by atoms with Crippen molar-refractivity contribution in [2.45, 2.75) is 51.0 Å². The predicted molar refractivity (Wildman–Crippen MR) is 146 cm³/mol. The van der Waals surface area contributed by atoms with Crippen LogP contribution in [0.3, 0.4) is 0 Å². The zero-order valence-corrected chi connectivity index (χ0v) is 22.9. The van der Waals surface area contributed by atoms with E-state index in [2.05, 4.69) is 21.4 Å². The number of amides is 2. The van der Waals surface area contributed by atoms with Crippen LogP contribution in [0.25, 0.3) is 16.9 Å². The molecule has 0 radical (unpaired) electrons. The fourth-order valence-corrected chi connectivity index (χ4v) is 5.27. The Morgan fingerprint density at radius 1 is 1.20 bits per heavy atom. The first-order valence-corrected chi connectivity index (χ1v) is 13.1. The number of rotatable bonds is 5. The monoisotopic (exact) mass is 554 g/mol. The number of anilines is 1. The highest BCUT2D eigenvalue weighted by Crippen LogP contribution is 2.50. The fraction of sp³-hybridized carbons (Fsp3) is 0.300. The van der Waals surface area contributed by atoms with Crippen LogP contribution in [-0.4, -0.2) is 44.0 Å². The standard InChI is InChI=1S/C30H27FN6O4/c1-29(2,3)41-28(39)37-26(35-23-9-8-20(21(15-32)34-23)30(40-4)11-12-30)25-18(6-5-7-19(25)27(37)38)22-16-33-24-14-17(31)10-13-36(22)24/h5-10,13-14,16,26H,11-12H2,1-4H3,(H,34,35). The molecule has 4 heterocycles. The second-order valence-electron chi connectivity index (χ2n) is 11.1. The minimum atomic E-state index is -1.03. The number of hydrogen-bond donors (Lipinski definition) is 1. The summed E-state index contributed by atoms with van der Waals surface area (Å²) in [5, 5.41) is 13.1. The summed E-state index contributed by atoms with van der Waals surface area (Å²) >= 11 is 0. The Morgan fingerprint density at radius 2 is 1.95 bits per heavy atom. The Kier molecular flexibility index (Phi) is 6.04. The van der Waals surface area contributed by atoms with Crippen LogP contribution in [0.1, 0.15) is 67.0 Å². The molecule has 1 aliphatic heterocycles. The van der Waals surface area contributed by atoms with Crippen LogP contribution in [0.5, 0.6) is 0 Å². The lowest BCUT2D eigenvalue weighted by Gasteiger charge is -2.29. The van der Waals surface area contributed by atoms with Crippen molar-refractivity contribution >= 4 is 23.5 Å². The normalized spacial score (nSPS) is 17.3. The van der Waals surface area contributed by atoms with Crippen molar-refractivity contribution in [3.8, 4) is 17.3 Å². The van der Waals surface area contributed by atoms with Crippen molar-refractivity contribution < 1.29 is 23.5 Å². The van der Waals surface area contributed by atoms with Crippen LogP contribution in [-0.2, 0) is 15.1 Å². The maximum Gasteiger partial charge on any atom is 0.419 e. The van der Waals surface area contributed by atoms with Crippen molar-refractivity contribution in [2.24, 2.45) is 0 Å². The Balaban J connectivity index is 1.48. The lowest BCUT2D eigenvalue weighted by atomic mass is 9.99. The van der Waals surface area contributed by atoms with E-state index in [9.17, 15) is 19.2 Å². The van der Waals surface area contributed by atoms with Crippen LogP contribution < -0.4 is 5.32 Å². The van der Waals surface area contributed by atoms with Gasteiger partial charge in [-0.25, -0.2) is 24.1 Å². The highest BCUT2D eigenvalue weighted by atomic mass is 19.1. The molecule has 0 spiro atoms. The van der Waals surface area contributed by atoms with Crippen LogP contribution in [0.2, 0.25) is 0 Å². The third-order valence-electron chi connectivity index (χ3n) is 7.30. The van der Waals surface area contributed by atoms with E-state index in [1.807, 2.05) is 0 Å². The van der Waals surface area contributed by atoms with Gasteiger partial charge in [-0.2, -0.15) is 5.26 Å². The summed E-state index contributed by atoms with van der Waals surface area (Å²) in [5.74, 6) is -0.698. The summed E-state index contributed by atoms with van der Waals surface area (Å²) in [5.41, 5.74) is 1.87. The summed E-state index contributed by atoms with van der Waals surface area (Å²) < 4.78 is 26.9. The highest BCUT2D eigenvalue weighted by molar-refractivity contribution is 6.09. The fourth-order valence-electron chi connectivity index (χ4n) is 5.27. The number of ether oxygens (including phenoxy) is 2. The Bertz CT molecular complexity index is 1770. The molecule has 1 aromatic carbocycles. The van der Waals surface area contributed by atoms with E-state index >= 15 is 0 Å². The smallest absolute Gasteiger partial charge is 0.419 e. The van der Waals surface area contributed by atoms with Crippen molar-refractivity contribution in [1.82, 2.24) is 19.3 Å². The molecule has 1 atom stereocenters. The molecule has 1 aliphatic carbocycles. The van der Waals surface area contributed by atoms with Crippen LogP contribution in [0.15, 0.2) is 54.9 Å². The second-order valence-corrected chi connectivity index (χ2v) is 11.1. The van der Waals surface area contributed by atoms with Crippen LogP contribution in [0, 0.1) is 17.1 Å². The minimum Gasteiger partial charge on any atom is -0.443 e. The number of nitrogens with one attached hydrogen (secondary N) is 1. The van der Waals surface area contributed by atoms with Gasteiger partial charge in [-0.3, -0.25) is 9.20 Å². The number of aromatic nitrogens is 3. The maximum atomic E-state index is 13.9. The van der Waals surface area contributed by atoms with E-state index in [4.69, 9.17) is 9.47 Å². The first-order valence-electron chi connectivity index (χ1n) is 13.1. The van der Waals surface area contributed by atoms with Gasteiger partial charge in [-0.15, -0.1) is 0 Å². The van der Waals surface area contributed by atoms with Gasteiger partial charge in [0, 0.05) is 41.6 Å². The number of nitrogens with zero attached hydrogens (tertiary/aromatic N) is 5.